The van der Waals surface area contributed by atoms with Gasteiger partial charge in [-0.2, -0.15) is 10.4 Å². The normalized spacial score (nSPS) is 15.9. The van der Waals surface area contributed by atoms with Crippen molar-refractivity contribution in [1.82, 2.24) is 10.2 Å². The zero-order chi connectivity index (χ0) is 9.10. The standard InChI is InChI=1S/C9H10N4/c10-6-7-4-5-11-13-9(7)12-8-2-1-3-8/h4-5,8H,1-3H2,(H,12,13). The van der Waals surface area contributed by atoms with Crippen LogP contribution in [0.2, 0.25) is 0 Å². The van der Waals surface area contributed by atoms with Gasteiger partial charge in [0, 0.05) is 6.04 Å². The lowest BCUT2D eigenvalue weighted by Crippen LogP contribution is -2.28. The lowest BCUT2D eigenvalue weighted by molar-refractivity contribution is 0.444. The number of nitrogens with one attached hydrogen (secondary N) is 1. The Morgan fingerprint density at radius 3 is 3.00 bits per heavy atom. The SMILES string of the molecule is N#Cc1ccnnc1NC1CCC1. The molecule has 13 heavy (non-hydrogen) atoms. The van der Waals surface area contributed by atoms with Gasteiger partial charge in [0.1, 0.15) is 6.07 Å². The molecule has 0 spiro atoms. The second-order valence-electron chi connectivity index (χ2n) is 3.18. The molecule has 1 heterocycles. The van der Waals surface area contributed by atoms with Crippen molar-refractivity contribution in [3.05, 3.63) is 17.8 Å². The Hall–Kier alpha value is -1.63. The molecular weight excluding hydrogens is 164 g/mol. The zero-order valence-electron chi connectivity index (χ0n) is 7.20. The maximum absolute atomic E-state index is 8.76. The van der Waals surface area contributed by atoms with Gasteiger partial charge in [-0.25, -0.2) is 0 Å². The molecule has 4 nitrogen and oxygen atoms in total. The van der Waals surface area contributed by atoms with Gasteiger partial charge >= 0.3 is 0 Å². The van der Waals surface area contributed by atoms with Crippen LogP contribution in [0, 0.1) is 11.3 Å². The largest absolute Gasteiger partial charge is 0.365 e. The summed E-state index contributed by atoms with van der Waals surface area (Å²) < 4.78 is 0. The predicted octanol–water partition coefficient (Wildman–Crippen LogP) is 1.31. The Labute approximate surface area is 76.6 Å². The molecule has 1 N–H and O–H groups in total. The van der Waals surface area contributed by atoms with Gasteiger partial charge in [-0.3, -0.25) is 0 Å². The first-order valence-corrected chi connectivity index (χ1v) is 4.38. The summed E-state index contributed by atoms with van der Waals surface area (Å²) in [6, 6.07) is 4.25. The number of hydrogen-bond acceptors (Lipinski definition) is 4. The second kappa shape index (κ2) is 3.40. The monoisotopic (exact) mass is 174 g/mol. The average molecular weight is 174 g/mol. The Kier molecular flexibility index (Phi) is 2.09. The van der Waals surface area contributed by atoms with E-state index in [0.717, 1.165) is 0 Å². The number of nitriles is 1. The minimum absolute atomic E-state index is 0.490. The van der Waals surface area contributed by atoms with Crippen LogP contribution in [0.25, 0.3) is 0 Å². The zero-order valence-corrected chi connectivity index (χ0v) is 7.20. The van der Waals surface area contributed by atoms with Crippen LogP contribution in [0.1, 0.15) is 24.8 Å². The van der Waals surface area contributed by atoms with E-state index in [4.69, 9.17) is 5.26 Å². The highest BCUT2D eigenvalue weighted by atomic mass is 15.2. The van der Waals surface area contributed by atoms with E-state index in [9.17, 15) is 0 Å². The molecule has 1 aliphatic carbocycles. The molecule has 1 aromatic rings. The fourth-order valence-corrected chi connectivity index (χ4v) is 1.27. The molecule has 0 atom stereocenters. The minimum atomic E-state index is 0.490. The quantitative estimate of drug-likeness (QED) is 0.734. The van der Waals surface area contributed by atoms with Gasteiger partial charge in [-0.05, 0) is 25.3 Å². The van der Waals surface area contributed by atoms with Crippen molar-refractivity contribution in [2.75, 3.05) is 5.32 Å². The van der Waals surface area contributed by atoms with Crippen molar-refractivity contribution < 1.29 is 0 Å². The first-order chi connectivity index (χ1) is 6.40. The summed E-state index contributed by atoms with van der Waals surface area (Å²) in [7, 11) is 0. The lowest BCUT2D eigenvalue weighted by atomic mass is 9.93. The highest BCUT2D eigenvalue weighted by Crippen LogP contribution is 2.23. The molecule has 2 rings (SSSR count). The summed E-state index contributed by atoms with van der Waals surface area (Å²) in [4.78, 5) is 0. The molecular formula is C9H10N4. The van der Waals surface area contributed by atoms with E-state index in [1.807, 2.05) is 0 Å². The summed E-state index contributed by atoms with van der Waals surface area (Å²) in [5.41, 5.74) is 0.571. The Balaban J connectivity index is 2.14. The van der Waals surface area contributed by atoms with E-state index >= 15 is 0 Å². The van der Waals surface area contributed by atoms with Gasteiger partial charge < -0.3 is 5.32 Å². The van der Waals surface area contributed by atoms with Gasteiger partial charge in [0.25, 0.3) is 0 Å². The minimum Gasteiger partial charge on any atom is -0.365 e. The maximum Gasteiger partial charge on any atom is 0.166 e. The predicted molar refractivity (Wildman–Crippen MR) is 48.0 cm³/mol. The van der Waals surface area contributed by atoms with Crippen molar-refractivity contribution in [3.63, 3.8) is 0 Å². The molecule has 0 radical (unpaired) electrons. The van der Waals surface area contributed by atoms with Crippen LogP contribution in [-0.2, 0) is 0 Å². The first kappa shape index (κ1) is 7.99. The second-order valence-corrected chi connectivity index (χ2v) is 3.18. The number of hydrogen-bond donors (Lipinski definition) is 1. The van der Waals surface area contributed by atoms with Gasteiger partial charge in [0.15, 0.2) is 5.82 Å². The fourth-order valence-electron chi connectivity index (χ4n) is 1.27. The average Bonchev–Trinajstić information content (AvgIpc) is 2.12. The topological polar surface area (TPSA) is 61.6 Å². The third kappa shape index (κ3) is 1.59. The summed E-state index contributed by atoms with van der Waals surface area (Å²) in [6.07, 6.45) is 5.13. The van der Waals surface area contributed by atoms with E-state index in [-0.39, 0.29) is 0 Å². The van der Waals surface area contributed by atoms with Crippen LogP contribution in [-0.4, -0.2) is 16.2 Å². The van der Waals surface area contributed by atoms with Crippen molar-refractivity contribution >= 4 is 5.82 Å². The third-order valence-electron chi connectivity index (χ3n) is 2.29. The highest BCUT2D eigenvalue weighted by Gasteiger charge is 2.18. The van der Waals surface area contributed by atoms with Crippen LogP contribution >= 0.6 is 0 Å². The summed E-state index contributed by atoms with van der Waals surface area (Å²) in [5.74, 6) is 0.620. The lowest BCUT2D eigenvalue weighted by Gasteiger charge is -2.26. The Bertz CT molecular complexity index is 338. The highest BCUT2D eigenvalue weighted by molar-refractivity contribution is 5.50. The van der Waals surface area contributed by atoms with E-state index in [0.29, 0.717) is 17.4 Å². The molecule has 0 bridgehead atoms. The molecule has 66 valence electrons. The number of nitrogens with zero attached hydrogens (tertiary/aromatic N) is 3. The third-order valence-corrected chi connectivity index (χ3v) is 2.29. The maximum atomic E-state index is 8.76. The smallest absolute Gasteiger partial charge is 0.166 e. The van der Waals surface area contributed by atoms with Crippen molar-refractivity contribution in [2.24, 2.45) is 0 Å². The number of rotatable bonds is 2. The molecule has 1 aliphatic rings. The van der Waals surface area contributed by atoms with Gasteiger partial charge in [0.2, 0.25) is 0 Å². The van der Waals surface area contributed by atoms with E-state index in [1.54, 1.807) is 6.07 Å². The molecule has 0 amide bonds. The molecule has 0 saturated heterocycles. The van der Waals surface area contributed by atoms with Crippen molar-refractivity contribution in [1.29, 1.82) is 5.26 Å². The van der Waals surface area contributed by atoms with E-state index in [2.05, 4.69) is 21.6 Å². The van der Waals surface area contributed by atoms with Crippen LogP contribution in [0.5, 0.6) is 0 Å². The Morgan fingerprint density at radius 1 is 1.54 bits per heavy atom. The molecule has 0 aromatic carbocycles. The molecule has 1 aromatic heterocycles. The summed E-state index contributed by atoms with van der Waals surface area (Å²) >= 11 is 0. The van der Waals surface area contributed by atoms with E-state index < -0.39 is 0 Å². The Morgan fingerprint density at radius 2 is 2.38 bits per heavy atom. The van der Waals surface area contributed by atoms with Crippen LogP contribution in [0.4, 0.5) is 5.82 Å². The first-order valence-electron chi connectivity index (χ1n) is 4.38. The van der Waals surface area contributed by atoms with Crippen LogP contribution < -0.4 is 5.32 Å². The molecule has 0 aliphatic heterocycles. The van der Waals surface area contributed by atoms with Gasteiger partial charge in [-0.1, -0.05) is 0 Å². The van der Waals surface area contributed by atoms with Gasteiger partial charge in [-0.15, -0.1) is 5.10 Å². The van der Waals surface area contributed by atoms with Crippen LogP contribution in [0.3, 0.4) is 0 Å². The van der Waals surface area contributed by atoms with Crippen LogP contribution in [0.15, 0.2) is 12.3 Å². The molecule has 1 saturated carbocycles. The summed E-state index contributed by atoms with van der Waals surface area (Å²) in [6.45, 7) is 0. The number of anilines is 1. The summed E-state index contributed by atoms with van der Waals surface area (Å²) in [5, 5.41) is 19.6. The molecule has 1 fully saturated rings. The van der Waals surface area contributed by atoms with Gasteiger partial charge in [0.05, 0.1) is 11.8 Å². The van der Waals surface area contributed by atoms with Crippen molar-refractivity contribution in [2.45, 2.75) is 25.3 Å². The fraction of sp³-hybridized carbons (Fsp3) is 0.444. The van der Waals surface area contributed by atoms with Crippen molar-refractivity contribution in [3.8, 4) is 6.07 Å². The number of aromatic nitrogens is 2. The molecule has 4 heteroatoms. The van der Waals surface area contributed by atoms with E-state index in [1.165, 1.54) is 25.5 Å². The molecule has 0 unspecified atom stereocenters.